The monoisotopic (exact) mass is 322 g/mol. The third-order valence-electron chi connectivity index (χ3n) is 2.84. The average Bonchev–Trinajstić information content (AvgIpc) is 2.51. The minimum absolute atomic E-state index is 0.333. The van der Waals surface area contributed by atoms with Crippen LogP contribution in [0, 0.1) is 0 Å². The standard InChI is InChI=1S/C13H26O7Si/c1-7-12(14)17-11-20-21(15-5,16-6)13(8-2,18-9-3)19-10-4/h7H,1,8-11H2,2-6H3. The summed E-state index contributed by atoms with van der Waals surface area (Å²) >= 11 is 0. The molecule has 0 aliphatic rings. The van der Waals surface area contributed by atoms with Crippen molar-refractivity contribution in [2.75, 3.05) is 34.2 Å². The lowest BCUT2D eigenvalue weighted by Gasteiger charge is -2.42. The predicted molar refractivity (Wildman–Crippen MR) is 78.3 cm³/mol. The fraction of sp³-hybridized carbons (Fsp3) is 0.769. The molecule has 0 saturated heterocycles. The van der Waals surface area contributed by atoms with E-state index in [4.69, 9.17) is 27.5 Å². The first-order valence-corrected chi connectivity index (χ1v) is 8.55. The van der Waals surface area contributed by atoms with Gasteiger partial charge in [-0.3, -0.25) is 0 Å². The molecule has 0 fully saturated rings. The lowest BCUT2D eigenvalue weighted by molar-refractivity contribution is -0.224. The van der Waals surface area contributed by atoms with Crippen molar-refractivity contribution in [2.45, 2.75) is 32.6 Å². The maximum Gasteiger partial charge on any atom is 0.565 e. The maximum absolute atomic E-state index is 11.1. The zero-order valence-electron chi connectivity index (χ0n) is 13.5. The Kier molecular flexibility index (Phi) is 9.67. The van der Waals surface area contributed by atoms with Crippen LogP contribution in [-0.4, -0.2) is 54.4 Å². The molecule has 0 bridgehead atoms. The van der Waals surface area contributed by atoms with Gasteiger partial charge in [-0.15, -0.1) is 0 Å². The van der Waals surface area contributed by atoms with E-state index < -0.39 is 20.2 Å². The molecular weight excluding hydrogens is 296 g/mol. The van der Waals surface area contributed by atoms with Crippen LogP contribution in [0.4, 0.5) is 0 Å². The van der Waals surface area contributed by atoms with Gasteiger partial charge in [-0.25, -0.2) is 4.79 Å². The summed E-state index contributed by atoms with van der Waals surface area (Å²) in [7, 11) is -0.497. The van der Waals surface area contributed by atoms with E-state index in [0.717, 1.165) is 6.08 Å². The van der Waals surface area contributed by atoms with E-state index in [1.807, 2.05) is 20.8 Å². The fourth-order valence-corrected chi connectivity index (χ4v) is 4.49. The molecule has 0 aromatic rings. The number of hydrogen-bond donors (Lipinski definition) is 0. The van der Waals surface area contributed by atoms with Crippen LogP contribution in [-0.2, 0) is 32.3 Å². The van der Waals surface area contributed by atoms with Crippen molar-refractivity contribution in [3.63, 3.8) is 0 Å². The van der Waals surface area contributed by atoms with Crippen molar-refractivity contribution < 1.29 is 32.3 Å². The Bertz CT molecular complexity index is 312. The second-order valence-corrected chi connectivity index (χ2v) is 6.85. The van der Waals surface area contributed by atoms with Crippen molar-refractivity contribution in [1.29, 1.82) is 0 Å². The van der Waals surface area contributed by atoms with Crippen LogP contribution in [0.15, 0.2) is 12.7 Å². The van der Waals surface area contributed by atoms with E-state index in [9.17, 15) is 4.79 Å². The van der Waals surface area contributed by atoms with Crippen LogP contribution in [0.3, 0.4) is 0 Å². The third-order valence-corrected chi connectivity index (χ3v) is 5.99. The molecule has 0 rings (SSSR count). The Morgan fingerprint density at radius 3 is 2.00 bits per heavy atom. The minimum Gasteiger partial charge on any atom is -0.436 e. The van der Waals surface area contributed by atoms with Gasteiger partial charge in [-0.05, 0) is 13.8 Å². The molecule has 0 radical (unpaired) electrons. The normalized spacial score (nSPS) is 12.2. The summed E-state index contributed by atoms with van der Waals surface area (Å²) < 4.78 is 32.9. The van der Waals surface area contributed by atoms with Crippen molar-refractivity contribution in [1.82, 2.24) is 0 Å². The van der Waals surface area contributed by atoms with E-state index in [-0.39, 0.29) is 6.79 Å². The number of esters is 1. The SMILES string of the molecule is C=CC(=O)OCO[Si](OC)(OC)C(CC)(OCC)OCC. The van der Waals surface area contributed by atoms with Crippen LogP contribution in [0.25, 0.3) is 0 Å². The molecule has 0 amide bonds. The van der Waals surface area contributed by atoms with Gasteiger partial charge in [0.1, 0.15) is 0 Å². The largest absolute Gasteiger partial charge is 0.565 e. The van der Waals surface area contributed by atoms with E-state index >= 15 is 0 Å². The summed E-state index contributed by atoms with van der Waals surface area (Å²) in [5.74, 6) is -0.597. The molecule has 0 spiro atoms. The van der Waals surface area contributed by atoms with Crippen LogP contribution < -0.4 is 0 Å². The summed E-state index contributed by atoms with van der Waals surface area (Å²) in [6.07, 6.45) is 1.50. The van der Waals surface area contributed by atoms with Crippen LogP contribution in [0.2, 0.25) is 0 Å². The Labute approximate surface area is 127 Å². The number of carbonyl (C=O) groups excluding carboxylic acids is 1. The Morgan fingerprint density at radius 1 is 1.14 bits per heavy atom. The molecule has 0 N–H and O–H groups in total. The molecule has 0 saturated carbocycles. The van der Waals surface area contributed by atoms with Crippen molar-refractivity contribution in [2.24, 2.45) is 0 Å². The fourth-order valence-electron chi connectivity index (χ4n) is 1.95. The first kappa shape index (κ1) is 20.2. The highest BCUT2D eigenvalue weighted by molar-refractivity contribution is 6.63. The molecule has 0 aliphatic carbocycles. The molecule has 0 atom stereocenters. The topological polar surface area (TPSA) is 72.5 Å². The smallest absolute Gasteiger partial charge is 0.436 e. The van der Waals surface area contributed by atoms with Crippen LogP contribution in [0.5, 0.6) is 0 Å². The minimum atomic E-state index is -3.40. The maximum atomic E-state index is 11.1. The Morgan fingerprint density at radius 2 is 1.67 bits per heavy atom. The number of carbonyl (C=O) groups is 1. The van der Waals surface area contributed by atoms with Gasteiger partial charge in [0.15, 0.2) is 6.79 Å². The zero-order valence-corrected chi connectivity index (χ0v) is 14.5. The Balaban J connectivity index is 5.24. The Hall–Kier alpha value is -0.773. The van der Waals surface area contributed by atoms with Gasteiger partial charge in [0.2, 0.25) is 5.41 Å². The number of hydrogen-bond acceptors (Lipinski definition) is 7. The first-order chi connectivity index (χ1) is 10.0. The van der Waals surface area contributed by atoms with E-state index in [0.29, 0.717) is 19.6 Å². The van der Waals surface area contributed by atoms with Gasteiger partial charge in [-0.2, -0.15) is 0 Å². The highest BCUT2D eigenvalue weighted by Crippen LogP contribution is 2.32. The molecular formula is C13H26O7Si. The lowest BCUT2D eigenvalue weighted by atomic mass is 10.4. The number of ether oxygens (including phenoxy) is 3. The van der Waals surface area contributed by atoms with E-state index in [1.165, 1.54) is 14.2 Å². The predicted octanol–water partition coefficient (Wildman–Crippen LogP) is 1.64. The average molecular weight is 322 g/mol. The molecule has 7 nitrogen and oxygen atoms in total. The quantitative estimate of drug-likeness (QED) is 0.234. The molecule has 21 heavy (non-hydrogen) atoms. The molecule has 0 unspecified atom stereocenters. The molecule has 0 aromatic carbocycles. The highest BCUT2D eigenvalue weighted by atomic mass is 28.4. The lowest BCUT2D eigenvalue weighted by Crippen LogP contribution is -2.67. The van der Waals surface area contributed by atoms with Gasteiger partial charge in [0.05, 0.1) is 0 Å². The summed E-state index contributed by atoms with van der Waals surface area (Å²) in [5.41, 5.74) is -1.15. The second-order valence-electron chi connectivity index (χ2n) is 3.87. The molecule has 124 valence electrons. The van der Waals surface area contributed by atoms with Crippen LogP contribution in [0.1, 0.15) is 27.2 Å². The highest BCUT2D eigenvalue weighted by Gasteiger charge is 2.63. The van der Waals surface area contributed by atoms with Crippen molar-refractivity contribution >= 4 is 14.8 Å². The van der Waals surface area contributed by atoms with Gasteiger partial charge in [0.25, 0.3) is 0 Å². The van der Waals surface area contributed by atoms with Crippen molar-refractivity contribution in [3.8, 4) is 0 Å². The zero-order chi connectivity index (χ0) is 16.4. The van der Waals surface area contributed by atoms with E-state index in [1.54, 1.807) is 0 Å². The van der Waals surface area contributed by atoms with Gasteiger partial charge < -0.3 is 27.5 Å². The summed E-state index contributed by atoms with van der Waals surface area (Å²) in [5, 5.41) is 0. The molecule has 0 heterocycles. The molecule has 0 aliphatic heterocycles. The van der Waals surface area contributed by atoms with Gasteiger partial charge in [-0.1, -0.05) is 13.5 Å². The summed E-state index contributed by atoms with van der Waals surface area (Å²) in [6, 6.07) is 0. The van der Waals surface area contributed by atoms with Gasteiger partial charge >= 0.3 is 14.8 Å². The second kappa shape index (κ2) is 10.0. The first-order valence-electron chi connectivity index (χ1n) is 6.82. The summed E-state index contributed by atoms with van der Waals surface area (Å²) in [4.78, 5) is 11.1. The van der Waals surface area contributed by atoms with Crippen molar-refractivity contribution in [3.05, 3.63) is 12.7 Å². The van der Waals surface area contributed by atoms with Gasteiger partial charge in [0, 0.05) is 39.9 Å². The third kappa shape index (κ3) is 4.87. The molecule has 0 aromatic heterocycles. The molecule has 8 heteroatoms. The van der Waals surface area contributed by atoms with Crippen LogP contribution >= 0.6 is 0 Å². The van der Waals surface area contributed by atoms with E-state index in [2.05, 4.69) is 6.58 Å². The summed E-state index contributed by atoms with van der Waals surface area (Å²) in [6.45, 7) is 9.32. The number of rotatable bonds is 12.